The van der Waals surface area contributed by atoms with Gasteiger partial charge < -0.3 is 9.73 Å². The van der Waals surface area contributed by atoms with Gasteiger partial charge in [0, 0.05) is 6.42 Å². The van der Waals surface area contributed by atoms with Crippen LogP contribution >= 0.6 is 11.8 Å². The smallest absolute Gasteiger partial charge is 0.277 e. The van der Waals surface area contributed by atoms with Crippen LogP contribution in [-0.2, 0) is 21.1 Å². The molecule has 1 aliphatic rings. The molecular weight excluding hydrogens is 422 g/mol. The van der Waals surface area contributed by atoms with E-state index < -0.39 is 9.84 Å². The minimum atomic E-state index is -2.93. The van der Waals surface area contributed by atoms with Crippen LogP contribution in [0.15, 0.2) is 52.1 Å². The Kier molecular flexibility index (Phi) is 6.10. The molecule has 0 saturated carbocycles. The fourth-order valence-electron chi connectivity index (χ4n) is 3.78. The van der Waals surface area contributed by atoms with Crippen molar-refractivity contribution in [3.63, 3.8) is 0 Å². The van der Waals surface area contributed by atoms with E-state index in [4.69, 9.17) is 4.42 Å². The van der Waals surface area contributed by atoms with E-state index in [-0.39, 0.29) is 35.1 Å². The van der Waals surface area contributed by atoms with Crippen LogP contribution in [0.2, 0.25) is 0 Å². The van der Waals surface area contributed by atoms with Gasteiger partial charge in [0.15, 0.2) is 9.84 Å². The van der Waals surface area contributed by atoms with E-state index in [1.165, 1.54) is 11.8 Å². The summed E-state index contributed by atoms with van der Waals surface area (Å²) in [6.07, 6.45) is 1.08. The number of nitrogens with zero attached hydrogens (tertiary/aromatic N) is 2. The van der Waals surface area contributed by atoms with Crippen LogP contribution in [0.4, 0.5) is 0 Å². The minimum Gasteiger partial charge on any atom is -0.416 e. The lowest BCUT2D eigenvalue weighted by Crippen LogP contribution is -2.28. The highest BCUT2D eigenvalue weighted by Crippen LogP contribution is 2.25. The number of aromatic nitrogens is 2. The van der Waals surface area contributed by atoms with Crippen LogP contribution < -0.4 is 5.32 Å². The number of sulfone groups is 1. The predicted octanol–water partition coefficient (Wildman–Crippen LogP) is 3.17. The Morgan fingerprint density at radius 1 is 1.23 bits per heavy atom. The van der Waals surface area contributed by atoms with E-state index in [2.05, 4.69) is 33.7 Å². The van der Waals surface area contributed by atoms with Crippen LogP contribution in [0.1, 0.15) is 30.8 Å². The van der Waals surface area contributed by atoms with E-state index in [9.17, 15) is 13.2 Å². The van der Waals surface area contributed by atoms with Crippen molar-refractivity contribution in [3.05, 3.63) is 53.9 Å². The SMILES string of the molecule is CC(NC(=O)CSc1nnc(CC2CCS(=O)(=O)C2)o1)c1cccc2ccccc12. The van der Waals surface area contributed by atoms with Crippen molar-refractivity contribution in [2.24, 2.45) is 5.92 Å². The molecule has 2 heterocycles. The molecule has 9 heteroatoms. The average Bonchev–Trinajstić information content (AvgIpc) is 3.31. The van der Waals surface area contributed by atoms with Gasteiger partial charge in [0.05, 0.1) is 23.3 Å². The van der Waals surface area contributed by atoms with E-state index in [0.29, 0.717) is 24.0 Å². The topological polar surface area (TPSA) is 102 Å². The molecule has 2 unspecified atom stereocenters. The fraction of sp³-hybridized carbons (Fsp3) is 0.381. The first-order valence-electron chi connectivity index (χ1n) is 9.82. The molecule has 0 bridgehead atoms. The Hall–Kier alpha value is -2.39. The van der Waals surface area contributed by atoms with Gasteiger partial charge in [-0.3, -0.25) is 4.79 Å². The van der Waals surface area contributed by atoms with Crippen molar-refractivity contribution >= 4 is 38.3 Å². The molecule has 30 heavy (non-hydrogen) atoms. The predicted molar refractivity (Wildman–Crippen MR) is 116 cm³/mol. The van der Waals surface area contributed by atoms with Crippen LogP contribution in [0.25, 0.3) is 10.8 Å². The third-order valence-corrected chi connectivity index (χ3v) is 7.89. The molecule has 3 aromatic rings. The van der Waals surface area contributed by atoms with Crippen LogP contribution in [0, 0.1) is 5.92 Å². The molecule has 0 radical (unpaired) electrons. The van der Waals surface area contributed by atoms with Gasteiger partial charge in [-0.25, -0.2) is 8.42 Å². The quantitative estimate of drug-likeness (QED) is 0.557. The van der Waals surface area contributed by atoms with Crippen LogP contribution in [0.5, 0.6) is 0 Å². The third kappa shape index (κ3) is 5.02. The summed E-state index contributed by atoms with van der Waals surface area (Å²) in [4.78, 5) is 12.4. The van der Waals surface area contributed by atoms with Gasteiger partial charge in [0.25, 0.3) is 5.22 Å². The molecule has 2 atom stereocenters. The molecule has 1 fully saturated rings. The number of hydrogen-bond donors (Lipinski definition) is 1. The Morgan fingerprint density at radius 2 is 2.03 bits per heavy atom. The lowest BCUT2D eigenvalue weighted by atomic mass is 10.00. The number of amides is 1. The second-order valence-corrected chi connectivity index (χ2v) is 10.7. The monoisotopic (exact) mass is 445 g/mol. The fourth-order valence-corrected chi connectivity index (χ4v) is 6.23. The first kappa shape index (κ1) is 20.9. The summed E-state index contributed by atoms with van der Waals surface area (Å²) in [6.45, 7) is 1.96. The molecule has 0 spiro atoms. The van der Waals surface area contributed by atoms with Gasteiger partial charge in [-0.2, -0.15) is 0 Å². The molecule has 1 saturated heterocycles. The summed E-state index contributed by atoms with van der Waals surface area (Å²) >= 11 is 1.18. The Bertz CT molecular complexity index is 1150. The standard InChI is InChI=1S/C21H23N3O4S2/c1-14(17-8-4-6-16-5-2-3-7-18(16)17)22-19(25)12-29-21-24-23-20(28-21)11-15-9-10-30(26,27)13-15/h2-8,14-15H,9-13H2,1H3,(H,22,25). The minimum absolute atomic E-state index is 0.0261. The molecule has 7 nitrogen and oxygen atoms in total. The van der Waals surface area contributed by atoms with Gasteiger partial charge in [-0.1, -0.05) is 54.2 Å². The van der Waals surface area contributed by atoms with Gasteiger partial charge in [0.1, 0.15) is 0 Å². The molecule has 2 aromatic carbocycles. The Labute approximate surface area is 179 Å². The molecule has 1 aromatic heterocycles. The number of hydrogen-bond acceptors (Lipinski definition) is 7. The first-order valence-corrected chi connectivity index (χ1v) is 12.6. The second-order valence-electron chi connectivity index (χ2n) is 7.58. The molecule has 1 amide bonds. The molecular formula is C21H23N3O4S2. The van der Waals surface area contributed by atoms with Crippen molar-refractivity contribution in [1.29, 1.82) is 0 Å². The maximum Gasteiger partial charge on any atom is 0.277 e. The first-order chi connectivity index (χ1) is 14.4. The van der Waals surface area contributed by atoms with Gasteiger partial charge in [-0.15, -0.1) is 10.2 Å². The summed E-state index contributed by atoms with van der Waals surface area (Å²) < 4.78 is 28.7. The summed E-state index contributed by atoms with van der Waals surface area (Å²) in [5.41, 5.74) is 1.07. The average molecular weight is 446 g/mol. The number of nitrogens with one attached hydrogen (secondary N) is 1. The van der Waals surface area contributed by atoms with Crippen molar-refractivity contribution < 1.29 is 17.6 Å². The van der Waals surface area contributed by atoms with Gasteiger partial charge >= 0.3 is 0 Å². The number of rotatable bonds is 7. The summed E-state index contributed by atoms with van der Waals surface area (Å²) in [5.74, 6) is 0.882. The number of fused-ring (bicyclic) bond motifs is 1. The van der Waals surface area contributed by atoms with Crippen LogP contribution in [0.3, 0.4) is 0 Å². The van der Waals surface area contributed by atoms with E-state index in [0.717, 1.165) is 16.3 Å². The highest BCUT2D eigenvalue weighted by molar-refractivity contribution is 7.99. The Morgan fingerprint density at radius 3 is 2.83 bits per heavy atom. The lowest BCUT2D eigenvalue weighted by molar-refractivity contribution is -0.119. The zero-order valence-corrected chi connectivity index (χ0v) is 18.2. The highest BCUT2D eigenvalue weighted by Gasteiger charge is 2.29. The summed E-state index contributed by atoms with van der Waals surface area (Å²) in [7, 11) is -2.93. The lowest BCUT2D eigenvalue weighted by Gasteiger charge is -2.16. The van der Waals surface area contributed by atoms with E-state index in [1.54, 1.807) is 0 Å². The number of thioether (sulfide) groups is 1. The van der Waals surface area contributed by atoms with Gasteiger partial charge in [0.2, 0.25) is 11.8 Å². The Balaban J connectivity index is 1.30. The van der Waals surface area contributed by atoms with E-state index in [1.807, 2.05) is 31.2 Å². The molecule has 1 N–H and O–H groups in total. The zero-order chi connectivity index (χ0) is 21.1. The van der Waals surface area contributed by atoms with Crippen LogP contribution in [-0.4, -0.2) is 41.8 Å². The molecule has 0 aliphatic carbocycles. The molecule has 4 rings (SSSR count). The zero-order valence-electron chi connectivity index (χ0n) is 16.6. The maximum absolute atomic E-state index is 12.4. The third-order valence-electron chi connectivity index (χ3n) is 5.23. The number of carbonyl (C=O) groups is 1. The van der Waals surface area contributed by atoms with Crippen molar-refractivity contribution in [2.45, 2.75) is 31.0 Å². The molecule has 1 aliphatic heterocycles. The van der Waals surface area contributed by atoms with Crippen molar-refractivity contribution in [3.8, 4) is 0 Å². The number of carbonyl (C=O) groups excluding carboxylic acids is 1. The van der Waals surface area contributed by atoms with Gasteiger partial charge in [-0.05, 0) is 35.6 Å². The highest BCUT2D eigenvalue weighted by atomic mass is 32.2. The van der Waals surface area contributed by atoms with E-state index >= 15 is 0 Å². The largest absolute Gasteiger partial charge is 0.416 e. The van der Waals surface area contributed by atoms with Crippen molar-refractivity contribution in [2.75, 3.05) is 17.3 Å². The summed E-state index contributed by atoms with van der Waals surface area (Å²) in [5, 5.41) is 13.5. The second kappa shape index (κ2) is 8.77. The van der Waals surface area contributed by atoms with Crippen molar-refractivity contribution in [1.82, 2.24) is 15.5 Å². The molecule has 158 valence electrons. The summed E-state index contributed by atoms with van der Waals surface area (Å²) in [6, 6.07) is 14.0. The number of benzene rings is 2. The normalized spacial score (nSPS) is 19.0. The maximum atomic E-state index is 12.4.